The molecule has 0 spiro atoms. The Morgan fingerprint density at radius 1 is 1.40 bits per heavy atom. The molecule has 0 aromatic carbocycles. The normalized spacial score (nSPS) is 22.4. The fourth-order valence-corrected chi connectivity index (χ4v) is 4.24. The SMILES string of the molecule is Cc1ccc([C@@](O)(CCNC(=O)N[C@@H]2CCS(=O)(=O)C2)C(F)(F)F)o1. The lowest BCUT2D eigenvalue weighted by molar-refractivity contribution is -0.274. The van der Waals surface area contributed by atoms with Gasteiger partial charge < -0.3 is 20.2 Å². The minimum absolute atomic E-state index is 0.0381. The maximum atomic E-state index is 13.2. The number of hydrogen-bond acceptors (Lipinski definition) is 5. The standard InChI is InChI=1S/C14H19F3N2O5S/c1-9-2-3-11(24-9)13(21,14(15,16)17)5-6-18-12(20)19-10-4-7-25(22,23)8-10/h2-3,10,21H,4-8H2,1H3,(H2,18,19,20)/t10-,13+/m1/s1. The van der Waals surface area contributed by atoms with E-state index in [1.807, 2.05) is 0 Å². The molecule has 2 heterocycles. The molecule has 0 bridgehead atoms. The van der Waals surface area contributed by atoms with Crippen LogP contribution in [0.1, 0.15) is 24.4 Å². The van der Waals surface area contributed by atoms with E-state index in [-0.39, 0.29) is 23.7 Å². The Morgan fingerprint density at radius 2 is 2.08 bits per heavy atom. The zero-order valence-corrected chi connectivity index (χ0v) is 14.2. The van der Waals surface area contributed by atoms with Gasteiger partial charge in [-0.05, 0) is 25.5 Å². The summed E-state index contributed by atoms with van der Waals surface area (Å²) in [6, 6.07) is 0.973. The number of aryl methyl sites for hydroxylation is 1. The molecule has 1 saturated heterocycles. The molecule has 0 unspecified atom stereocenters. The molecule has 142 valence electrons. The van der Waals surface area contributed by atoms with Crippen molar-refractivity contribution < 1.29 is 35.9 Å². The first kappa shape index (κ1) is 19.6. The minimum atomic E-state index is -4.99. The number of urea groups is 1. The molecule has 1 aliphatic heterocycles. The summed E-state index contributed by atoms with van der Waals surface area (Å²) in [5, 5.41) is 14.6. The number of carbonyl (C=O) groups excluding carboxylic acids is 1. The second-order valence-electron chi connectivity index (χ2n) is 6.02. The zero-order valence-electron chi connectivity index (χ0n) is 13.4. The number of carbonyl (C=O) groups is 1. The molecule has 25 heavy (non-hydrogen) atoms. The third-order valence-corrected chi connectivity index (χ3v) is 5.72. The molecule has 1 aromatic heterocycles. The number of halogens is 3. The van der Waals surface area contributed by atoms with Gasteiger partial charge in [-0.25, -0.2) is 13.2 Å². The number of hydrogen-bond donors (Lipinski definition) is 3. The van der Waals surface area contributed by atoms with Crippen molar-refractivity contribution in [1.82, 2.24) is 10.6 Å². The molecule has 0 aliphatic carbocycles. The molecular weight excluding hydrogens is 365 g/mol. The van der Waals surface area contributed by atoms with Gasteiger partial charge in [-0.1, -0.05) is 0 Å². The largest absolute Gasteiger partial charge is 0.463 e. The summed E-state index contributed by atoms with van der Waals surface area (Å²) in [5.74, 6) is -0.672. The molecule has 1 aliphatic rings. The van der Waals surface area contributed by atoms with Crippen molar-refractivity contribution in [1.29, 1.82) is 0 Å². The maximum absolute atomic E-state index is 13.2. The average molecular weight is 384 g/mol. The first-order valence-corrected chi connectivity index (χ1v) is 9.36. The van der Waals surface area contributed by atoms with E-state index in [9.17, 15) is 31.5 Å². The third-order valence-electron chi connectivity index (χ3n) is 3.96. The quantitative estimate of drug-likeness (QED) is 0.707. The number of sulfone groups is 1. The Kier molecular flexibility index (Phi) is 5.38. The predicted octanol–water partition coefficient (Wildman–Crippen LogP) is 1.21. The zero-order chi connectivity index (χ0) is 18.9. The van der Waals surface area contributed by atoms with Gasteiger partial charge in [0.25, 0.3) is 0 Å². The van der Waals surface area contributed by atoms with Crippen molar-refractivity contribution in [3.8, 4) is 0 Å². The van der Waals surface area contributed by atoms with Crippen LogP contribution >= 0.6 is 0 Å². The van der Waals surface area contributed by atoms with Crippen LogP contribution in [0.2, 0.25) is 0 Å². The van der Waals surface area contributed by atoms with Crippen LogP contribution in [0.4, 0.5) is 18.0 Å². The number of furan rings is 1. The van der Waals surface area contributed by atoms with Crippen LogP contribution in [0, 0.1) is 6.92 Å². The number of rotatable bonds is 5. The van der Waals surface area contributed by atoms with Crippen molar-refractivity contribution in [3.63, 3.8) is 0 Å². The van der Waals surface area contributed by atoms with Crippen LogP contribution in [0.15, 0.2) is 16.5 Å². The summed E-state index contributed by atoms with van der Waals surface area (Å²) in [5.41, 5.74) is -3.23. The van der Waals surface area contributed by atoms with E-state index in [1.165, 1.54) is 13.0 Å². The second kappa shape index (κ2) is 6.87. The fourth-order valence-electron chi connectivity index (χ4n) is 2.56. The molecule has 1 aromatic rings. The Labute approximate surface area is 142 Å². The topological polar surface area (TPSA) is 109 Å². The number of aliphatic hydroxyl groups is 1. The van der Waals surface area contributed by atoms with Crippen LogP contribution in [0.5, 0.6) is 0 Å². The van der Waals surface area contributed by atoms with Gasteiger partial charge in [0.2, 0.25) is 5.60 Å². The number of amides is 2. The lowest BCUT2D eigenvalue weighted by Crippen LogP contribution is -2.47. The van der Waals surface area contributed by atoms with E-state index in [0.29, 0.717) is 0 Å². The van der Waals surface area contributed by atoms with Crippen molar-refractivity contribution in [2.75, 3.05) is 18.1 Å². The van der Waals surface area contributed by atoms with E-state index >= 15 is 0 Å². The van der Waals surface area contributed by atoms with Gasteiger partial charge in [0.15, 0.2) is 9.84 Å². The van der Waals surface area contributed by atoms with Gasteiger partial charge in [0, 0.05) is 19.0 Å². The summed E-state index contributed by atoms with van der Waals surface area (Å²) in [4.78, 5) is 11.7. The Hall–Kier alpha value is -1.75. The van der Waals surface area contributed by atoms with Gasteiger partial charge in [-0.3, -0.25) is 0 Å². The van der Waals surface area contributed by atoms with Crippen molar-refractivity contribution in [2.24, 2.45) is 0 Å². The van der Waals surface area contributed by atoms with Gasteiger partial charge in [-0.2, -0.15) is 13.2 Å². The monoisotopic (exact) mass is 384 g/mol. The van der Waals surface area contributed by atoms with E-state index in [4.69, 9.17) is 4.42 Å². The molecule has 3 N–H and O–H groups in total. The fraction of sp³-hybridized carbons (Fsp3) is 0.643. The van der Waals surface area contributed by atoms with Crippen LogP contribution in [0.25, 0.3) is 0 Å². The van der Waals surface area contributed by atoms with Gasteiger partial charge >= 0.3 is 12.2 Å². The van der Waals surface area contributed by atoms with E-state index in [2.05, 4.69) is 10.6 Å². The van der Waals surface area contributed by atoms with E-state index in [1.54, 1.807) is 0 Å². The van der Waals surface area contributed by atoms with Crippen molar-refractivity contribution in [2.45, 2.75) is 37.6 Å². The summed E-state index contributed by atoms with van der Waals surface area (Å²) >= 11 is 0. The number of alkyl halides is 3. The van der Waals surface area contributed by atoms with Gasteiger partial charge in [0.1, 0.15) is 11.5 Å². The van der Waals surface area contributed by atoms with Gasteiger partial charge in [0.05, 0.1) is 11.5 Å². The van der Waals surface area contributed by atoms with Crippen LogP contribution in [-0.4, -0.2) is 49.8 Å². The predicted molar refractivity (Wildman–Crippen MR) is 81.6 cm³/mol. The maximum Gasteiger partial charge on any atom is 0.424 e. The molecule has 2 amide bonds. The van der Waals surface area contributed by atoms with Crippen LogP contribution in [-0.2, 0) is 15.4 Å². The van der Waals surface area contributed by atoms with Crippen LogP contribution < -0.4 is 10.6 Å². The summed E-state index contributed by atoms with van der Waals surface area (Å²) in [6.45, 7) is 0.961. The highest BCUT2D eigenvalue weighted by Gasteiger charge is 2.56. The summed E-state index contributed by atoms with van der Waals surface area (Å²) in [6.07, 6.45) is -5.58. The molecule has 0 radical (unpaired) electrons. The molecule has 2 rings (SSSR count). The lowest BCUT2D eigenvalue weighted by Gasteiger charge is -2.28. The highest BCUT2D eigenvalue weighted by molar-refractivity contribution is 7.91. The highest BCUT2D eigenvalue weighted by atomic mass is 32.2. The Bertz CT molecular complexity index is 731. The molecule has 11 heteroatoms. The lowest BCUT2D eigenvalue weighted by atomic mass is 9.96. The molecule has 1 fully saturated rings. The van der Waals surface area contributed by atoms with E-state index in [0.717, 1.165) is 6.07 Å². The average Bonchev–Trinajstić information content (AvgIpc) is 3.03. The van der Waals surface area contributed by atoms with Gasteiger partial charge in [-0.15, -0.1) is 0 Å². The third kappa shape index (κ3) is 4.66. The Balaban J connectivity index is 1.92. The first-order valence-electron chi connectivity index (χ1n) is 7.54. The molecule has 2 atom stereocenters. The number of nitrogens with one attached hydrogen (secondary N) is 2. The summed E-state index contributed by atoms with van der Waals surface area (Å²) in [7, 11) is -3.18. The highest BCUT2D eigenvalue weighted by Crippen LogP contribution is 2.41. The van der Waals surface area contributed by atoms with E-state index < -0.39 is 52.4 Å². The van der Waals surface area contributed by atoms with Crippen LogP contribution in [0.3, 0.4) is 0 Å². The van der Waals surface area contributed by atoms with Crippen molar-refractivity contribution in [3.05, 3.63) is 23.7 Å². The Morgan fingerprint density at radius 3 is 2.56 bits per heavy atom. The second-order valence-corrected chi connectivity index (χ2v) is 8.25. The van der Waals surface area contributed by atoms with Crippen molar-refractivity contribution >= 4 is 15.9 Å². The molecule has 0 saturated carbocycles. The smallest absolute Gasteiger partial charge is 0.424 e. The minimum Gasteiger partial charge on any atom is -0.463 e. The first-order chi connectivity index (χ1) is 11.4. The summed E-state index contributed by atoms with van der Waals surface area (Å²) < 4.78 is 67.2. The molecular formula is C14H19F3N2O5S. The molecule has 7 nitrogen and oxygen atoms in total.